The second kappa shape index (κ2) is 20.2. The van der Waals surface area contributed by atoms with Crippen molar-refractivity contribution in [2.75, 3.05) is 25.4 Å². The maximum Gasteiger partial charge on any atom is 0.405 e. The predicted octanol–water partition coefficient (Wildman–Crippen LogP) is 5.21. The number of nitrogens with two attached hydrogens (primary N) is 1. The Morgan fingerprint density at radius 1 is 0.957 bits per heavy atom. The van der Waals surface area contributed by atoms with Gasteiger partial charge >= 0.3 is 6.09 Å². The molecule has 12 heteroatoms. The summed E-state index contributed by atoms with van der Waals surface area (Å²) in [5.41, 5.74) is 8.49. The van der Waals surface area contributed by atoms with Crippen molar-refractivity contribution in [1.29, 1.82) is 0 Å². The average molecular weight is 667 g/mol. The number of halogens is 2. The van der Waals surface area contributed by atoms with E-state index in [-0.39, 0.29) is 25.9 Å². The molecule has 2 amide bonds. The molecule has 0 aliphatic carbocycles. The van der Waals surface area contributed by atoms with Crippen LogP contribution in [0.4, 0.5) is 13.6 Å². The summed E-state index contributed by atoms with van der Waals surface area (Å²) < 4.78 is 53.9. The maximum atomic E-state index is 13.8. The van der Waals surface area contributed by atoms with Gasteiger partial charge in [-0.2, -0.15) is 0 Å². The maximum absolute atomic E-state index is 13.8. The van der Waals surface area contributed by atoms with Gasteiger partial charge in [-0.25, -0.2) is 22.0 Å². The third-order valence-corrected chi connectivity index (χ3v) is 10.2. The molecule has 1 heterocycles. The number of carbonyl (C=O) groups is 2. The molecular weight excluding hydrogens is 614 g/mol. The highest BCUT2D eigenvalue weighted by atomic mass is 32.2. The minimum Gasteiger partial charge on any atom is -0.465 e. The van der Waals surface area contributed by atoms with Crippen molar-refractivity contribution >= 4 is 21.8 Å². The van der Waals surface area contributed by atoms with Crippen LogP contribution in [0.1, 0.15) is 82.4 Å². The smallest absolute Gasteiger partial charge is 0.405 e. The molecule has 1 saturated heterocycles. The third kappa shape index (κ3) is 14.1. The standard InChI is InChI=1S/C30H43F2N3O5S.C4H9N/c1-4-8-27(9-5-2)41(39,40)20-28(34-30(37)38)29(36)35(19-22-11-7-10-21(6-3)14-22)13-12-26(33)17-23-15-24(31)18-25(32)16-23;1-2-4-5-3-1/h7,10-11,14-16,18,26-28,34H,4-6,8-9,12-13,17,19-20,33H2,1-3H3,(H,37,38);5H,1-4H2. The lowest BCUT2D eigenvalue weighted by Crippen LogP contribution is -2.52. The number of nitrogens with zero attached hydrogens (tertiary/aromatic N) is 1. The van der Waals surface area contributed by atoms with E-state index >= 15 is 0 Å². The lowest BCUT2D eigenvalue weighted by atomic mass is 10.0. The van der Waals surface area contributed by atoms with Gasteiger partial charge in [-0.15, -0.1) is 0 Å². The fourth-order valence-corrected chi connectivity index (χ4v) is 7.73. The molecule has 9 nitrogen and oxygen atoms in total. The fraction of sp³-hybridized carbons (Fsp3) is 0.588. The monoisotopic (exact) mass is 666 g/mol. The van der Waals surface area contributed by atoms with Crippen LogP contribution in [0.15, 0.2) is 42.5 Å². The number of nitrogens with one attached hydrogen (secondary N) is 2. The van der Waals surface area contributed by atoms with Gasteiger partial charge in [0.2, 0.25) is 5.91 Å². The van der Waals surface area contributed by atoms with Gasteiger partial charge in [0, 0.05) is 25.2 Å². The molecule has 2 unspecified atom stereocenters. The Balaban J connectivity index is 0.00000134. The summed E-state index contributed by atoms with van der Waals surface area (Å²) in [4.78, 5) is 26.9. The van der Waals surface area contributed by atoms with Gasteiger partial charge in [0.1, 0.15) is 17.7 Å². The van der Waals surface area contributed by atoms with Crippen LogP contribution in [0.2, 0.25) is 0 Å². The van der Waals surface area contributed by atoms with Crippen LogP contribution in [0.3, 0.4) is 0 Å². The summed E-state index contributed by atoms with van der Waals surface area (Å²) in [5.74, 6) is -2.75. The molecule has 1 fully saturated rings. The summed E-state index contributed by atoms with van der Waals surface area (Å²) in [5, 5.41) is 14.2. The Hall–Kier alpha value is -3.09. The first kappa shape index (κ1) is 39.1. The fourth-order valence-electron chi connectivity index (χ4n) is 5.58. The van der Waals surface area contributed by atoms with Crippen LogP contribution >= 0.6 is 0 Å². The molecule has 1 aliphatic heterocycles. The molecule has 46 heavy (non-hydrogen) atoms. The molecule has 0 saturated carbocycles. The van der Waals surface area contributed by atoms with Crippen molar-refractivity contribution in [3.05, 3.63) is 70.8 Å². The topological polar surface area (TPSA) is 142 Å². The van der Waals surface area contributed by atoms with Crippen LogP contribution in [-0.2, 0) is 34.0 Å². The third-order valence-electron chi connectivity index (χ3n) is 7.96. The lowest BCUT2D eigenvalue weighted by molar-refractivity contribution is -0.133. The summed E-state index contributed by atoms with van der Waals surface area (Å²) in [7, 11) is -3.80. The van der Waals surface area contributed by atoms with Gasteiger partial charge < -0.3 is 26.4 Å². The van der Waals surface area contributed by atoms with E-state index in [2.05, 4.69) is 10.6 Å². The normalized spacial score (nSPS) is 14.3. The predicted molar refractivity (Wildman–Crippen MR) is 178 cm³/mol. The Labute approximate surface area is 273 Å². The molecule has 258 valence electrons. The minimum absolute atomic E-state index is 0.0827. The van der Waals surface area contributed by atoms with Gasteiger partial charge in [-0.3, -0.25) is 4.79 Å². The van der Waals surface area contributed by atoms with Gasteiger partial charge in [-0.1, -0.05) is 57.9 Å². The van der Waals surface area contributed by atoms with Crippen LogP contribution in [0, 0.1) is 11.6 Å². The molecule has 2 atom stereocenters. The van der Waals surface area contributed by atoms with E-state index in [0.29, 0.717) is 31.2 Å². The van der Waals surface area contributed by atoms with Crippen LogP contribution in [0.25, 0.3) is 0 Å². The number of carboxylic acid groups (broad SMARTS) is 1. The number of hydrogen-bond donors (Lipinski definition) is 4. The van der Waals surface area contributed by atoms with Crippen molar-refractivity contribution in [1.82, 2.24) is 15.5 Å². The molecular formula is C34H52F2N4O5S. The van der Waals surface area contributed by atoms with Crippen molar-refractivity contribution in [2.24, 2.45) is 5.73 Å². The number of amides is 2. The molecule has 0 radical (unpaired) electrons. The summed E-state index contributed by atoms with van der Waals surface area (Å²) >= 11 is 0. The lowest BCUT2D eigenvalue weighted by Gasteiger charge is -2.29. The second-order valence-electron chi connectivity index (χ2n) is 12.0. The molecule has 5 N–H and O–H groups in total. The number of carbonyl (C=O) groups excluding carboxylic acids is 1. The highest BCUT2D eigenvalue weighted by Crippen LogP contribution is 2.19. The number of aryl methyl sites for hydroxylation is 1. The Kier molecular flexibility index (Phi) is 17.2. The molecule has 0 aromatic heterocycles. The van der Waals surface area contributed by atoms with E-state index < -0.39 is 56.6 Å². The van der Waals surface area contributed by atoms with E-state index in [4.69, 9.17) is 5.73 Å². The Bertz CT molecular complexity index is 1310. The van der Waals surface area contributed by atoms with Crippen molar-refractivity contribution in [2.45, 2.75) is 102 Å². The highest BCUT2D eigenvalue weighted by molar-refractivity contribution is 7.92. The van der Waals surface area contributed by atoms with Gasteiger partial charge in [0.25, 0.3) is 0 Å². The number of hydrogen-bond acceptors (Lipinski definition) is 6. The minimum atomic E-state index is -3.80. The number of sulfone groups is 1. The largest absolute Gasteiger partial charge is 0.465 e. The zero-order chi connectivity index (χ0) is 34.1. The van der Waals surface area contributed by atoms with Crippen LogP contribution in [-0.4, -0.2) is 73.1 Å². The molecule has 2 aromatic rings. The van der Waals surface area contributed by atoms with E-state index in [9.17, 15) is 31.9 Å². The first-order chi connectivity index (χ1) is 21.9. The second-order valence-corrected chi connectivity index (χ2v) is 14.3. The van der Waals surface area contributed by atoms with Crippen molar-refractivity contribution < 1.29 is 31.9 Å². The molecule has 2 aromatic carbocycles. The van der Waals surface area contributed by atoms with Gasteiger partial charge in [0.05, 0.1) is 11.0 Å². The zero-order valence-electron chi connectivity index (χ0n) is 27.4. The van der Waals surface area contributed by atoms with Crippen LogP contribution in [0.5, 0.6) is 0 Å². The zero-order valence-corrected chi connectivity index (χ0v) is 28.3. The number of benzene rings is 2. The number of rotatable bonds is 17. The molecule has 1 aliphatic rings. The summed E-state index contributed by atoms with van der Waals surface area (Å²) in [6.45, 7) is 8.45. The first-order valence-corrected chi connectivity index (χ1v) is 18.1. The summed E-state index contributed by atoms with van der Waals surface area (Å²) in [6.07, 6.45) is 4.57. The SMILES string of the molecule is C1CCNC1.CCCC(CCC)S(=O)(=O)CC(NC(=O)O)C(=O)N(CCC(N)Cc1cc(F)cc(F)c1)Cc1cccc(CC)c1. The molecule has 0 spiro atoms. The van der Waals surface area contributed by atoms with E-state index in [1.807, 2.05) is 45.0 Å². The van der Waals surface area contributed by atoms with Crippen LogP contribution < -0.4 is 16.4 Å². The van der Waals surface area contributed by atoms with Gasteiger partial charge in [0.15, 0.2) is 9.84 Å². The van der Waals surface area contributed by atoms with E-state index in [0.717, 1.165) is 23.6 Å². The average Bonchev–Trinajstić information content (AvgIpc) is 3.58. The highest BCUT2D eigenvalue weighted by Gasteiger charge is 2.34. The first-order valence-electron chi connectivity index (χ1n) is 16.4. The molecule has 3 rings (SSSR count). The van der Waals surface area contributed by atoms with Crippen molar-refractivity contribution in [3.63, 3.8) is 0 Å². The quantitative estimate of drug-likeness (QED) is 0.182. The summed E-state index contributed by atoms with van der Waals surface area (Å²) in [6, 6.07) is 8.68. The molecule has 0 bridgehead atoms. The van der Waals surface area contributed by atoms with E-state index in [1.165, 1.54) is 43.0 Å². The Morgan fingerprint density at radius 3 is 2.09 bits per heavy atom. The Morgan fingerprint density at radius 2 is 1.57 bits per heavy atom. The van der Waals surface area contributed by atoms with Gasteiger partial charge in [-0.05, 0) is 86.9 Å². The van der Waals surface area contributed by atoms with Crippen molar-refractivity contribution in [3.8, 4) is 0 Å². The van der Waals surface area contributed by atoms with E-state index in [1.54, 1.807) is 0 Å².